The van der Waals surface area contributed by atoms with Crippen LogP contribution in [-0.2, 0) is 0 Å². The average molecular weight is 236 g/mol. The normalized spacial score (nSPS) is 11.5. The van der Waals surface area contributed by atoms with Gasteiger partial charge in [0.25, 0.3) is 0 Å². The highest BCUT2D eigenvalue weighted by atomic mass is 32.1. The molecule has 80 valence electrons. The fraction of sp³-hybridized carbons (Fsp3) is 0. The van der Waals surface area contributed by atoms with Gasteiger partial charge in [0.1, 0.15) is 0 Å². The molecule has 0 aliphatic carbocycles. The summed E-state index contributed by atoms with van der Waals surface area (Å²) in [5.74, 6) is 0. The van der Waals surface area contributed by atoms with Crippen LogP contribution >= 0.6 is 11.3 Å². The highest BCUT2D eigenvalue weighted by Gasteiger charge is 2.05. The van der Waals surface area contributed by atoms with E-state index in [9.17, 15) is 0 Å². The number of hydrogen-bond acceptors (Lipinski definition) is 3. The Bertz CT molecular complexity index is 848. The van der Waals surface area contributed by atoms with Gasteiger partial charge in [0.05, 0.1) is 21.3 Å². The largest absolute Gasteiger partial charge is 0.254 e. The van der Waals surface area contributed by atoms with Gasteiger partial charge in [0.15, 0.2) is 0 Å². The Morgan fingerprint density at radius 3 is 2.88 bits per heavy atom. The van der Waals surface area contributed by atoms with Crippen molar-refractivity contribution in [2.24, 2.45) is 0 Å². The monoisotopic (exact) mass is 236 g/mol. The Labute approximate surface area is 102 Å². The number of pyridine rings is 2. The molecule has 0 saturated heterocycles. The van der Waals surface area contributed by atoms with Gasteiger partial charge in [-0.25, -0.2) is 4.98 Å². The van der Waals surface area contributed by atoms with E-state index in [0.717, 1.165) is 27.3 Å². The maximum absolute atomic E-state index is 4.71. The summed E-state index contributed by atoms with van der Waals surface area (Å²) in [6.07, 6.45) is 1.82. The van der Waals surface area contributed by atoms with E-state index in [1.54, 1.807) is 11.3 Å². The molecule has 0 N–H and O–H groups in total. The fourth-order valence-corrected chi connectivity index (χ4v) is 2.93. The highest BCUT2D eigenvalue weighted by Crippen LogP contribution is 2.27. The third kappa shape index (κ3) is 1.26. The SMILES string of the molecule is c1cnc2c(c1)ccc1cc3sccc3nc12. The van der Waals surface area contributed by atoms with Gasteiger partial charge in [0, 0.05) is 17.0 Å². The molecule has 3 heteroatoms. The van der Waals surface area contributed by atoms with Gasteiger partial charge in [0.2, 0.25) is 0 Å². The van der Waals surface area contributed by atoms with E-state index >= 15 is 0 Å². The van der Waals surface area contributed by atoms with Crippen LogP contribution in [0.2, 0.25) is 0 Å². The summed E-state index contributed by atoms with van der Waals surface area (Å²) >= 11 is 1.72. The van der Waals surface area contributed by atoms with Gasteiger partial charge < -0.3 is 0 Å². The standard InChI is InChI=1S/C14H8N2S/c1-2-9-3-4-10-8-12-11(5-7-17-12)16-14(10)13(9)15-6-1/h1-8H. The maximum Gasteiger partial charge on any atom is 0.0972 e. The van der Waals surface area contributed by atoms with E-state index in [0.29, 0.717) is 0 Å². The van der Waals surface area contributed by atoms with Crippen molar-refractivity contribution in [3.05, 3.63) is 48.0 Å². The van der Waals surface area contributed by atoms with Gasteiger partial charge in [-0.2, -0.15) is 0 Å². The predicted octanol–water partition coefficient (Wildman–Crippen LogP) is 4.00. The lowest BCUT2D eigenvalue weighted by Crippen LogP contribution is -1.84. The van der Waals surface area contributed by atoms with Gasteiger partial charge in [-0.15, -0.1) is 11.3 Å². The van der Waals surface area contributed by atoms with Gasteiger partial charge in [-0.05, 0) is 23.6 Å². The molecule has 0 amide bonds. The molecule has 0 spiro atoms. The van der Waals surface area contributed by atoms with Crippen LogP contribution in [0.25, 0.3) is 32.0 Å². The molecule has 0 atom stereocenters. The molecule has 4 aromatic rings. The maximum atomic E-state index is 4.71. The number of hydrogen-bond donors (Lipinski definition) is 0. The van der Waals surface area contributed by atoms with Crippen molar-refractivity contribution in [3.63, 3.8) is 0 Å². The number of benzene rings is 1. The Balaban J connectivity index is 2.30. The lowest BCUT2D eigenvalue weighted by molar-refractivity contribution is 1.41. The number of nitrogens with zero attached hydrogens (tertiary/aromatic N) is 2. The molecule has 0 aliphatic heterocycles. The molecule has 2 nitrogen and oxygen atoms in total. The zero-order chi connectivity index (χ0) is 11.2. The molecule has 0 bridgehead atoms. The van der Waals surface area contributed by atoms with Crippen molar-refractivity contribution in [1.29, 1.82) is 0 Å². The van der Waals surface area contributed by atoms with Crippen LogP contribution in [0.1, 0.15) is 0 Å². The minimum Gasteiger partial charge on any atom is -0.254 e. The zero-order valence-corrected chi connectivity index (χ0v) is 9.74. The first-order valence-corrected chi connectivity index (χ1v) is 6.31. The summed E-state index contributed by atoms with van der Waals surface area (Å²) < 4.78 is 1.23. The van der Waals surface area contributed by atoms with E-state index in [2.05, 4.69) is 40.7 Å². The first-order valence-electron chi connectivity index (χ1n) is 5.43. The van der Waals surface area contributed by atoms with E-state index in [1.165, 1.54) is 4.70 Å². The predicted molar refractivity (Wildman–Crippen MR) is 72.4 cm³/mol. The van der Waals surface area contributed by atoms with E-state index < -0.39 is 0 Å². The van der Waals surface area contributed by atoms with Crippen LogP contribution in [-0.4, -0.2) is 9.97 Å². The molecule has 4 rings (SSSR count). The van der Waals surface area contributed by atoms with E-state index in [4.69, 9.17) is 4.98 Å². The van der Waals surface area contributed by atoms with E-state index in [1.807, 2.05) is 12.3 Å². The lowest BCUT2D eigenvalue weighted by atomic mass is 10.1. The van der Waals surface area contributed by atoms with Crippen LogP contribution in [0.5, 0.6) is 0 Å². The second-order valence-corrected chi connectivity index (χ2v) is 4.95. The van der Waals surface area contributed by atoms with E-state index in [-0.39, 0.29) is 0 Å². The number of fused-ring (bicyclic) bond motifs is 4. The van der Waals surface area contributed by atoms with Gasteiger partial charge >= 0.3 is 0 Å². The minimum absolute atomic E-state index is 0.984. The molecule has 0 aliphatic rings. The first-order chi connectivity index (χ1) is 8.42. The first kappa shape index (κ1) is 9.07. The van der Waals surface area contributed by atoms with Crippen molar-refractivity contribution in [1.82, 2.24) is 9.97 Å². The Morgan fingerprint density at radius 2 is 1.88 bits per heavy atom. The summed E-state index contributed by atoms with van der Waals surface area (Å²) in [6, 6.07) is 12.5. The van der Waals surface area contributed by atoms with Crippen molar-refractivity contribution < 1.29 is 0 Å². The van der Waals surface area contributed by atoms with Crippen LogP contribution < -0.4 is 0 Å². The molecule has 3 aromatic heterocycles. The minimum atomic E-state index is 0.984. The van der Waals surface area contributed by atoms with Gasteiger partial charge in [-0.3, -0.25) is 4.98 Å². The lowest BCUT2D eigenvalue weighted by Gasteiger charge is -2.02. The second kappa shape index (κ2) is 3.25. The average Bonchev–Trinajstić information content (AvgIpc) is 2.83. The summed E-state index contributed by atoms with van der Waals surface area (Å²) in [6.45, 7) is 0. The molecule has 17 heavy (non-hydrogen) atoms. The van der Waals surface area contributed by atoms with Crippen LogP contribution in [0.3, 0.4) is 0 Å². The molecular weight excluding hydrogens is 228 g/mol. The summed E-state index contributed by atoms with van der Waals surface area (Å²) in [5, 5.41) is 4.37. The summed E-state index contributed by atoms with van der Waals surface area (Å²) in [7, 11) is 0. The third-order valence-corrected chi connectivity index (χ3v) is 3.82. The Hall–Kier alpha value is -2.00. The van der Waals surface area contributed by atoms with Gasteiger partial charge in [-0.1, -0.05) is 18.2 Å². The van der Waals surface area contributed by atoms with Crippen molar-refractivity contribution >= 4 is 43.4 Å². The van der Waals surface area contributed by atoms with Crippen LogP contribution in [0.15, 0.2) is 48.0 Å². The topological polar surface area (TPSA) is 25.8 Å². The molecule has 3 heterocycles. The molecule has 1 aromatic carbocycles. The quantitative estimate of drug-likeness (QED) is 0.431. The molecule has 0 unspecified atom stereocenters. The smallest absolute Gasteiger partial charge is 0.0972 e. The molecule has 0 saturated carbocycles. The number of rotatable bonds is 0. The molecule has 0 radical (unpaired) electrons. The van der Waals surface area contributed by atoms with Crippen molar-refractivity contribution in [3.8, 4) is 0 Å². The Kier molecular flexibility index (Phi) is 1.73. The van der Waals surface area contributed by atoms with Crippen molar-refractivity contribution in [2.45, 2.75) is 0 Å². The van der Waals surface area contributed by atoms with Crippen LogP contribution in [0.4, 0.5) is 0 Å². The Morgan fingerprint density at radius 1 is 0.941 bits per heavy atom. The van der Waals surface area contributed by atoms with Crippen LogP contribution in [0, 0.1) is 0 Å². The molecule has 0 fully saturated rings. The zero-order valence-electron chi connectivity index (χ0n) is 8.92. The second-order valence-electron chi connectivity index (χ2n) is 4.00. The number of thiophene rings is 1. The summed E-state index contributed by atoms with van der Waals surface area (Å²) in [5.41, 5.74) is 3.03. The fourth-order valence-electron chi connectivity index (χ4n) is 2.16. The highest BCUT2D eigenvalue weighted by molar-refractivity contribution is 7.17. The molecular formula is C14H8N2S. The third-order valence-electron chi connectivity index (χ3n) is 2.97. The summed E-state index contributed by atoms with van der Waals surface area (Å²) in [4.78, 5) is 9.16. The van der Waals surface area contributed by atoms with Crippen molar-refractivity contribution in [2.75, 3.05) is 0 Å². The number of aromatic nitrogens is 2.